The number of nitrogens with two attached hydrogens (primary N) is 1. The molecule has 1 unspecified atom stereocenters. The number of hydrogen-bond acceptors (Lipinski definition) is 10. The molecule has 0 radical (unpaired) electrons. The number of aromatic amines is 2. The second kappa shape index (κ2) is 28.1. The fourth-order valence-electron chi connectivity index (χ4n) is 7.99. The van der Waals surface area contributed by atoms with Gasteiger partial charge in [0.05, 0.1) is 81.1 Å². The number of rotatable bonds is 10. The van der Waals surface area contributed by atoms with E-state index in [1.54, 1.807) is 60.7 Å². The van der Waals surface area contributed by atoms with Gasteiger partial charge < -0.3 is 31.0 Å². The van der Waals surface area contributed by atoms with Crippen molar-refractivity contribution in [2.75, 3.05) is 38.2 Å². The number of halogens is 16. The van der Waals surface area contributed by atoms with Gasteiger partial charge in [-0.2, -0.15) is 52.7 Å². The molecular formula is C57H45Cl4F12N9O4. The van der Waals surface area contributed by atoms with Crippen LogP contribution < -0.4 is 27.5 Å². The number of alkyl halides is 12. The zero-order chi connectivity index (χ0) is 63.6. The van der Waals surface area contributed by atoms with Gasteiger partial charge in [-0.25, -0.2) is 19.8 Å². The van der Waals surface area contributed by atoms with Crippen LogP contribution in [0.5, 0.6) is 0 Å². The number of aromatic nitrogens is 4. The van der Waals surface area contributed by atoms with Crippen molar-refractivity contribution in [3.63, 3.8) is 0 Å². The number of aliphatic imine (C=N–C) groups is 1. The van der Waals surface area contributed by atoms with E-state index in [4.69, 9.17) is 57.2 Å². The summed E-state index contributed by atoms with van der Waals surface area (Å²) < 4.78 is 155. The third-order valence-corrected chi connectivity index (χ3v) is 13.4. The maximum atomic E-state index is 13.6. The standard InChI is InChI=1S/C22H23Cl2F3N4.C17H9Cl2F3N2O.C10H7F3N2O.C8H6F3NO2/c1-31(2)12-4-11-28-21-15-5-3-6-16(22(25,26)27)20(15)29-19(30-21)10-8-14-7-9-17(23)18(24)13-14;18-12-6-4-9(8-13(12)19)5-7-14-23-15-10(16(25)24-14)2-1-3-11(15)17(20,21)22;1-5-14-8-6(9(16)15-5)3-2-4-7(8)10(11,12)13;9-8(10,11)5-3-1-2-4(6(5)12)7(13)14/h3,5-10,13,21,28H,4,11-12H2,1-2H3,(H,29,30);1-8H,(H,23,24,25);2-4H,1H3,(H,14,15,16);1-3H,12H2,(H,13,14)/b10-8+;7-5+;;. The van der Waals surface area contributed by atoms with Gasteiger partial charge in [-0.1, -0.05) is 101 Å². The lowest BCUT2D eigenvalue weighted by atomic mass is 10.0. The largest absolute Gasteiger partial charge is 0.478 e. The first-order valence-corrected chi connectivity index (χ1v) is 26.2. The molecule has 1 atom stereocenters. The molecule has 3 heterocycles. The molecule has 0 saturated carbocycles. The highest BCUT2D eigenvalue weighted by molar-refractivity contribution is 6.42. The first-order valence-electron chi connectivity index (χ1n) is 24.7. The molecule has 0 fully saturated rings. The number of aromatic carboxylic acids is 1. The molecule has 9 rings (SSSR count). The number of anilines is 2. The van der Waals surface area contributed by atoms with Gasteiger partial charge in [0.1, 0.15) is 23.7 Å². The highest BCUT2D eigenvalue weighted by atomic mass is 35.5. The fourth-order valence-corrected chi connectivity index (χ4v) is 8.60. The van der Waals surface area contributed by atoms with E-state index in [0.717, 1.165) is 54.9 Å². The van der Waals surface area contributed by atoms with Crippen LogP contribution in [0.4, 0.5) is 64.1 Å². The molecule has 1 aliphatic rings. The van der Waals surface area contributed by atoms with Crippen molar-refractivity contribution in [2.45, 2.75) is 44.2 Å². The number of hydrogen-bond donors (Lipinski definition) is 6. The number of carboxylic acids is 1. The Kier molecular flexibility index (Phi) is 21.9. The van der Waals surface area contributed by atoms with Crippen LogP contribution in [0.3, 0.4) is 0 Å². The van der Waals surface area contributed by atoms with Gasteiger partial charge in [0.15, 0.2) is 0 Å². The van der Waals surface area contributed by atoms with Gasteiger partial charge in [-0.05, 0) is 131 Å². The summed E-state index contributed by atoms with van der Waals surface area (Å²) in [6, 6.07) is 23.6. The van der Waals surface area contributed by atoms with Crippen LogP contribution in [0.25, 0.3) is 40.0 Å². The molecule has 8 aromatic rings. The molecular weight excluding hydrogens is 1240 g/mol. The molecule has 0 aliphatic carbocycles. The SMILES string of the molecule is CN(C)CCCNC1N=C(/C=C/c2ccc(Cl)c(Cl)c2)Nc2c1cccc2C(F)(F)F.Cc1nc2c(C(F)(F)F)cccc2c(=O)[nH]1.Nc1c(C(=O)O)cccc1C(F)(F)F.O=c1[nH]c(/C=C/c2ccc(Cl)c(Cl)c2)nc2c(C(F)(F)F)cccc12. The molecule has 454 valence electrons. The number of amidine groups is 1. The molecule has 6 aromatic carbocycles. The molecule has 86 heavy (non-hydrogen) atoms. The quantitative estimate of drug-likeness (QED) is 0.0436. The first-order chi connectivity index (χ1) is 40.1. The predicted molar refractivity (Wildman–Crippen MR) is 310 cm³/mol. The second-order valence-corrected chi connectivity index (χ2v) is 20.1. The van der Waals surface area contributed by atoms with Gasteiger partial charge in [0.25, 0.3) is 11.1 Å². The summed E-state index contributed by atoms with van der Waals surface area (Å²) in [4.78, 5) is 53.0. The third kappa shape index (κ3) is 17.8. The van der Waals surface area contributed by atoms with Gasteiger partial charge >= 0.3 is 30.7 Å². The number of aryl methyl sites for hydroxylation is 1. The zero-order valence-corrected chi connectivity index (χ0v) is 47.5. The van der Waals surface area contributed by atoms with Gasteiger partial charge in [-0.15, -0.1) is 0 Å². The Morgan fingerprint density at radius 1 is 0.628 bits per heavy atom. The van der Waals surface area contributed by atoms with Gasteiger partial charge in [0.2, 0.25) is 0 Å². The van der Waals surface area contributed by atoms with E-state index in [1.165, 1.54) is 43.3 Å². The summed E-state index contributed by atoms with van der Waals surface area (Å²) in [5, 5.41) is 16.0. The summed E-state index contributed by atoms with van der Waals surface area (Å²) in [7, 11) is 3.94. The van der Waals surface area contributed by atoms with E-state index < -0.39 is 87.0 Å². The predicted octanol–water partition coefficient (Wildman–Crippen LogP) is 15.7. The zero-order valence-electron chi connectivity index (χ0n) is 44.5. The number of nitrogens with one attached hydrogen (secondary N) is 4. The van der Waals surface area contributed by atoms with E-state index in [1.807, 2.05) is 14.1 Å². The highest BCUT2D eigenvalue weighted by Crippen LogP contribution is 2.41. The minimum absolute atomic E-state index is 0.000252. The van der Waals surface area contributed by atoms with Crippen LogP contribution in [-0.2, 0) is 24.7 Å². The fraction of sp³-hybridized carbons (Fsp3) is 0.193. The molecule has 13 nitrogen and oxygen atoms in total. The van der Waals surface area contributed by atoms with E-state index in [9.17, 15) is 67.1 Å². The smallest absolute Gasteiger partial charge is 0.418 e. The molecule has 29 heteroatoms. The molecule has 7 N–H and O–H groups in total. The number of benzene rings is 6. The van der Waals surface area contributed by atoms with Crippen LogP contribution in [0.1, 0.15) is 73.5 Å². The minimum atomic E-state index is -4.63. The number of carboxylic acid groups (broad SMARTS) is 1. The van der Waals surface area contributed by atoms with Crippen molar-refractivity contribution in [1.29, 1.82) is 0 Å². The first kappa shape index (κ1) is 67.2. The number of fused-ring (bicyclic) bond motifs is 3. The third-order valence-electron chi connectivity index (χ3n) is 12.0. The van der Waals surface area contributed by atoms with Crippen LogP contribution >= 0.6 is 46.4 Å². The lowest BCUT2D eigenvalue weighted by Gasteiger charge is -2.27. The average Bonchev–Trinajstić information content (AvgIpc) is 1.79. The summed E-state index contributed by atoms with van der Waals surface area (Å²) in [5.74, 6) is -0.997. The topological polar surface area (TPSA) is 194 Å². The number of carbonyl (C=O) groups is 1. The Hall–Kier alpha value is -7.94. The van der Waals surface area contributed by atoms with Crippen molar-refractivity contribution in [3.05, 3.63) is 212 Å². The number of para-hydroxylation sites is 4. The van der Waals surface area contributed by atoms with Crippen LogP contribution in [0.2, 0.25) is 20.1 Å². The molecule has 0 spiro atoms. The van der Waals surface area contributed by atoms with E-state index >= 15 is 0 Å². The number of nitrogens with zero attached hydrogens (tertiary/aromatic N) is 4. The lowest BCUT2D eigenvalue weighted by Crippen LogP contribution is -2.31. The van der Waals surface area contributed by atoms with Crippen LogP contribution in [0, 0.1) is 6.92 Å². The Bertz CT molecular complexity index is 4000. The Morgan fingerprint density at radius 2 is 1.10 bits per heavy atom. The molecule has 0 amide bonds. The molecule has 2 aromatic heterocycles. The van der Waals surface area contributed by atoms with Crippen molar-refractivity contribution in [1.82, 2.24) is 30.2 Å². The van der Waals surface area contributed by atoms with Crippen LogP contribution in [-0.4, -0.2) is 68.9 Å². The Labute approximate surface area is 499 Å². The molecule has 1 aliphatic heterocycles. The Morgan fingerprint density at radius 3 is 1.62 bits per heavy atom. The molecule has 0 saturated heterocycles. The van der Waals surface area contributed by atoms with Crippen molar-refractivity contribution >= 4 is 110 Å². The minimum Gasteiger partial charge on any atom is -0.478 e. The normalized spacial score (nSPS) is 13.5. The summed E-state index contributed by atoms with van der Waals surface area (Å²) in [5.41, 5.74) is 0.0489. The van der Waals surface area contributed by atoms with Crippen molar-refractivity contribution in [2.24, 2.45) is 4.99 Å². The number of H-pyrrole nitrogens is 2. The average molecular weight is 1290 g/mol. The Balaban J connectivity index is 0.000000192. The second-order valence-electron chi connectivity index (χ2n) is 18.5. The molecule has 0 bridgehead atoms. The van der Waals surface area contributed by atoms with E-state index in [-0.39, 0.29) is 33.6 Å². The van der Waals surface area contributed by atoms with Gasteiger partial charge in [0, 0.05) is 5.56 Å². The summed E-state index contributed by atoms with van der Waals surface area (Å²) in [6.07, 6.45) is -11.7. The van der Waals surface area contributed by atoms with E-state index in [0.29, 0.717) is 43.6 Å². The summed E-state index contributed by atoms with van der Waals surface area (Å²) in [6.45, 7) is 2.92. The maximum absolute atomic E-state index is 13.6. The van der Waals surface area contributed by atoms with E-state index in [2.05, 4.69) is 40.5 Å². The van der Waals surface area contributed by atoms with Crippen molar-refractivity contribution in [3.8, 4) is 0 Å². The number of nitrogen functional groups attached to an aromatic ring is 1. The van der Waals surface area contributed by atoms with Crippen molar-refractivity contribution < 1.29 is 62.6 Å². The highest BCUT2D eigenvalue weighted by Gasteiger charge is 2.38. The monoisotopic (exact) mass is 1290 g/mol. The maximum Gasteiger partial charge on any atom is 0.418 e. The van der Waals surface area contributed by atoms with Crippen LogP contribution in [0.15, 0.2) is 130 Å². The van der Waals surface area contributed by atoms with Gasteiger partial charge in [-0.3, -0.25) is 14.9 Å². The lowest BCUT2D eigenvalue weighted by molar-refractivity contribution is -0.137. The summed E-state index contributed by atoms with van der Waals surface area (Å²) >= 11 is 23.7.